The highest BCUT2D eigenvalue weighted by molar-refractivity contribution is 7.16. The Balaban J connectivity index is 1.64. The van der Waals surface area contributed by atoms with Crippen molar-refractivity contribution in [3.8, 4) is 10.8 Å². The fourth-order valence-electron chi connectivity index (χ4n) is 2.92. The first kappa shape index (κ1) is 14.3. The predicted octanol–water partition coefficient (Wildman–Crippen LogP) is 4.06. The van der Waals surface area contributed by atoms with Gasteiger partial charge in [0.15, 0.2) is 10.8 Å². The Morgan fingerprint density at radius 1 is 1.43 bits per heavy atom. The number of carbonyl (C=O) groups excluding carboxylic acids is 1. The van der Waals surface area contributed by atoms with Crippen LogP contribution in [-0.2, 0) is 0 Å². The van der Waals surface area contributed by atoms with Crippen LogP contribution < -0.4 is 0 Å². The SMILES string of the molecule is CN(CC1CCCCC1)C(=O)c1cnc(-c2ccco2)s1. The zero-order valence-corrected chi connectivity index (χ0v) is 13.1. The van der Waals surface area contributed by atoms with Crippen molar-refractivity contribution in [2.45, 2.75) is 32.1 Å². The molecule has 2 aromatic heterocycles. The van der Waals surface area contributed by atoms with Gasteiger partial charge in [-0.2, -0.15) is 0 Å². The topological polar surface area (TPSA) is 46.3 Å². The molecule has 0 N–H and O–H groups in total. The molecule has 0 atom stereocenters. The molecule has 0 saturated heterocycles. The van der Waals surface area contributed by atoms with Crippen LogP contribution in [0.15, 0.2) is 29.0 Å². The molecule has 0 unspecified atom stereocenters. The number of carbonyl (C=O) groups is 1. The first-order chi connectivity index (χ1) is 10.2. The van der Waals surface area contributed by atoms with Crippen molar-refractivity contribution in [3.05, 3.63) is 29.5 Å². The normalized spacial score (nSPS) is 16.0. The summed E-state index contributed by atoms with van der Waals surface area (Å²) in [5, 5.41) is 0.759. The van der Waals surface area contributed by atoms with Crippen LogP contribution in [0.5, 0.6) is 0 Å². The summed E-state index contributed by atoms with van der Waals surface area (Å²) >= 11 is 1.39. The van der Waals surface area contributed by atoms with Crippen LogP contribution in [0.4, 0.5) is 0 Å². The number of hydrogen-bond acceptors (Lipinski definition) is 4. The predicted molar refractivity (Wildman–Crippen MR) is 83.4 cm³/mol. The number of furan rings is 1. The van der Waals surface area contributed by atoms with Crippen LogP contribution in [0, 0.1) is 5.92 Å². The molecule has 5 heteroatoms. The number of aromatic nitrogens is 1. The third kappa shape index (κ3) is 3.35. The Morgan fingerprint density at radius 2 is 2.24 bits per heavy atom. The lowest BCUT2D eigenvalue weighted by molar-refractivity contribution is 0.0765. The Hall–Kier alpha value is -1.62. The summed E-state index contributed by atoms with van der Waals surface area (Å²) in [7, 11) is 1.89. The maximum atomic E-state index is 12.5. The molecule has 0 aromatic carbocycles. The summed E-state index contributed by atoms with van der Waals surface area (Å²) in [5.41, 5.74) is 0. The molecule has 112 valence electrons. The first-order valence-corrected chi connectivity index (χ1v) is 8.31. The van der Waals surface area contributed by atoms with Gasteiger partial charge >= 0.3 is 0 Å². The van der Waals surface area contributed by atoms with Gasteiger partial charge in [-0.1, -0.05) is 19.3 Å². The summed E-state index contributed by atoms with van der Waals surface area (Å²) in [6, 6.07) is 3.69. The second kappa shape index (κ2) is 6.43. The van der Waals surface area contributed by atoms with Crippen LogP contribution in [0.25, 0.3) is 10.8 Å². The molecule has 1 amide bonds. The average molecular weight is 304 g/mol. The number of thiazole rings is 1. The van der Waals surface area contributed by atoms with Crippen LogP contribution in [0.3, 0.4) is 0 Å². The van der Waals surface area contributed by atoms with E-state index in [4.69, 9.17) is 4.42 Å². The van der Waals surface area contributed by atoms with E-state index in [1.54, 1.807) is 12.5 Å². The highest BCUT2D eigenvalue weighted by atomic mass is 32.1. The van der Waals surface area contributed by atoms with Crippen molar-refractivity contribution in [1.82, 2.24) is 9.88 Å². The zero-order chi connectivity index (χ0) is 14.7. The maximum absolute atomic E-state index is 12.5. The zero-order valence-electron chi connectivity index (χ0n) is 12.2. The van der Waals surface area contributed by atoms with Gasteiger partial charge in [-0.15, -0.1) is 11.3 Å². The smallest absolute Gasteiger partial charge is 0.265 e. The largest absolute Gasteiger partial charge is 0.462 e. The Kier molecular flexibility index (Phi) is 4.39. The number of rotatable bonds is 4. The van der Waals surface area contributed by atoms with Gasteiger partial charge in [-0.3, -0.25) is 4.79 Å². The second-order valence-electron chi connectivity index (χ2n) is 5.70. The van der Waals surface area contributed by atoms with E-state index < -0.39 is 0 Å². The molecule has 3 rings (SSSR count). The lowest BCUT2D eigenvalue weighted by Crippen LogP contribution is -2.32. The third-order valence-electron chi connectivity index (χ3n) is 4.05. The molecule has 2 aromatic rings. The van der Waals surface area contributed by atoms with Crippen molar-refractivity contribution in [2.24, 2.45) is 5.92 Å². The first-order valence-electron chi connectivity index (χ1n) is 7.49. The van der Waals surface area contributed by atoms with E-state index in [9.17, 15) is 4.79 Å². The van der Waals surface area contributed by atoms with E-state index in [-0.39, 0.29) is 5.91 Å². The summed E-state index contributed by atoms with van der Waals surface area (Å²) in [6.07, 6.45) is 9.72. The van der Waals surface area contributed by atoms with Crippen LogP contribution in [0.1, 0.15) is 41.8 Å². The highest BCUT2D eigenvalue weighted by Crippen LogP contribution is 2.27. The molecule has 1 saturated carbocycles. The molecule has 0 aliphatic heterocycles. The number of amides is 1. The minimum Gasteiger partial charge on any atom is -0.462 e. The average Bonchev–Trinajstić information content (AvgIpc) is 3.18. The monoisotopic (exact) mass is 304 g/mol. The second-order valence-corrected chi connectivity index (χ2v) is 6.73. The van der Waals surface area contributed by atoms with Gasteiger partial charge in [-0.05, 0) is 30.9 Å². The summed E-state index contributed by atoms with van der Waals surface area (Å²) < 4.78 is 5.32. The lowest BCUT2D eigenvalue weighted by Gasteiger charge is -2.26. The Morgan fingerprint density at radius 3 is 2.95 bits per heavy atom. The standard InChI is InChI=1S/C16H20N2O2S/c1-18(11-12-6-3-2-4-7-12)16(19)14-10-17-15(21-14)13-8-5-9-20-13/h5,8-10,12H,2-4,6-7,11H2,1H3. The number of hydrogen-bond donors (Lipinski definition) is 0. The van der Waals surface area contributed by atoms with Crippen molar-refractivity contribution in [1.29, 1.82) is 0 Å². The van der Waals surface area contributed by atoms with Crippen LogP contribution >= 0.6 is 11.3 Å². The molecule has 0 radical (unpaired) electrons. The van der Waals surface area contributed by atoms with Crippen molar-refractivity contribution in [3.63, 3.8) is 0 Å². The van der Waals surface area contributed by atoms with E-state index in [0.717, 1.165) is 11.6 Å². The Bertz CT molecular complexity index is 585. The van der Waals surface area contributed by atoms with Gasteiger partial charge in [0, 0.05) is 13.6 Å². The molecule has 1 aliphatic carbocycles. The molecule has 21 heavy (non-hydrogen) atoms. The van der Waals surface area contributed by atoms with E-state index in [2.05, 4.69) is 4.98 Å². The lowest BCUT2D eigenvalue weighted by atomic mass is 9.89. The van der Waals surface area contributed by atoms with Gasteiger partial charge in [0.2, 0.25) is 0 Å². The van der Waals surface area contributed by atoms with E-state index in [1.807, 2.05) is 24.1 Å². The maximum Gasteiger partial charge on any atom is 0.265 e. The summed E-state index contributed by atoms with van der Waals surface area (Å²) in [4.78, 5) is 19.3. The van der Waals surface area contributed by atoms with Crippen LogP contribution in [0.2, 0.25) is 0 Å². The minimum absolute atomic E-state index is 0.0656. The quantitative estimate of drug-likeness (QED) is 0.856. The third-order valence-corrected chi connectivity index (χ3v) is 5.05. The minimum atomic E-state index is 0.0656. The molecule has 4 nitrogen and oxygen atoms in total. The van der Waals surface area contributed by atoms with Gasteiger partial charge in [-0.25, -0.2) is 4.98 Å². The molecule has 0 spiro atoms. The van der Waals surface area contributed by atoms with E-state index in [0.29, 0.717) is 16.6 Å². The van der Waals surface area contributed by atoms with E-state index in [1.165, 1.54) is 43.4 Å². The van der Waals surface area contributed by atoms with Gasteiger partial charge < -0.3 is 9.32 Å². The molecule has 1 aliphatic rings. The van der Waals surface area contributed by atoms with Gasteiger partial charge in [0.1, 0.15) is 4.88 Å². The molecular formula is C16H20N2O2S. The van der Waals surface area contributed by atoms with Crippen molar-refractivity contribution < 1.29 is 9.21 Å². The van der Waals surface area contributed by atoms with Crippen molar-refractivity contribution >= 4 is 17.2 Å². The number of nitrogens with zero attached hydrogens (tertiary/aromatic N) is 2. The Labute approximate surface area is 128 Å². The van der Waals surface area contributed by atoms with Gasteiger partial charge in [0.25, 0.3) is 5.91 Å². The molecule has 2 heterocycles. The fourth-order valence-corrected chi connectivity index (χ4v) is 3.79. The van der Waals surface area contributed by atoms with Crippen molar-refractivity contribution in [2.75, 3.05) is 13.6 Å². The summed E-state index contributed by atoms with van der Waals surface area (Å²) in [5.74, 6) is 1.44. The molecule has 1 fully saturated rings. The van der Waals surface area contributed by atoms with Gasteiger partial charge in [0.05, 0.1) is 12.5 Å². The highest BCUT2D eigenvalue weighted by Gasteiger charge is 2.21. The fraction of sp³-hybridized carbons (Fsp3) is 0.500. The molecular weight excluding hydrogens is 284 g/mol. The van der Waals surface area contributed by atoms with Crippen LogP contribution in [-0.4, -0.2) is 29.4 Å². The molecule has 0 bridgehead atoms. The summed E-state index contributed by atoms with van der Waals surface area (Å²) in [6.45, 7) is 0.854. The van der Waals surface area contributed by atoms with E-state index >= 15 is 0 Å².